The lowest BCUT2D eigenvalue weighted by Gasteiger charge is -2.25. The van der Waals surface area contributed by atoms with Crippen molar-refractivity contribution in [2.75, 3.05) is 39.5 Å². The van der Waals surface area contributed by atoms with Crippen molar-refractivity contribution in [2.24, 2.45) is 11.3 Å². The van der Waals surface area contributed by atoms with Crippen molar-refractivity contribution in [3.05, 3.63) is 0 Å². The van der Waals surface area contributed by atoms with Crippen molar-refractivity contribution in [3.63, 3.8) is 0 Å². The van der Waals surface area contributed by atoms with Crippen molar-refractivity contribution in [1.82, 2.24) is 4.90 Å². The lowest BCUT2D eigenvalue weighted by molar-refractivity contribution is -0.147. The fourth-order valence-corrected chi connectivity index (χ4v) is 6.37. The first-order chi connectivity index (χ1) is 22.8. The van der Waals surface area contributed by atoms with Crippen LogP contribution in [-0.2, 0) is 19.1 Å². The van der Waals surface area contributed by atoms with Gasteiger partial charge in [-0.3, -0.25) is 9.59 Å². The Labute approximate surface area is 292 Å². The molecule has 0 aromatic heterocycles. The summed E-state index contributed by atoms with van der Waals surface area (Å²) in [5.74, 6) is 0.820. The first-order valence-corrected chi connectivity index (χ1v) is 20.4. The van der Waals surface area contributed by atoms with E-state index in [4.69, 9.17) is 9.47 Å². The van der Waals surface area contributed by atoms with E-state index in [-0.39, 0.29) is 24.0 Å². The van der Waals surface area contributed by atoms with Gasteiger partial charge in [-0.15, -0.1) is 0 Å². The van der Waals surface area contributed by atoms with Crippen molar-refractivity contribution < 1.29 is 24.2 Å². The van der Waals surface area contributed by atoms with E-state index in [0.717, 1.165) is 83.3 Å². The van der Waals surface area contributed by atoms with Gasteiger partial charge in [0.2, 0.25) is 0 Å². The van der Waals surface area contributed by atoms with Gasteiger partial charge >= 0.3 is 11.9 Å². The fourth-order valence-electron chi connectivity index (χ4n) is 6.37. The van der Waals surface area contributed by atoms with Crippen LogP contribution >= 0.6 is 0 Å². The van der Waals surface area contributed by atoms with E-state index in [1.165, 1.54) is 96.3 Å². The summed E-state index contributed by atoms with van der Waals surface area (Å²) >= 11 is 0. The van der Waals surface area contributed by atoms with Gasteiger partial charge in [0.15, 0.2) is 0 Å². The number of carbonyl (C=O) groups is 2. The van der Waals surface area contributed by atoms with Crippen LogP contribution in [-0.4, -0.2) is 61.4 Å². The predicted octanol–water partition coefficient (Wildman–Crippen LogP) is 11.2. The Hall–Kier alpha value is -1.14. The van der Waals surface area contributed by atoms with Gasteiger partial charge in [0, 0.05) is 26.0 Å². The molecule has 0 aliphatic rings. The molecule has 0 heterocycles. The molecular weight excluding hydrogens is 586 g/mol. The molecule has 0 aromatic rings. The van der Waals surface area contributed by atoms with Crippen LogP contribution in [0, 0.1) is 11.3 Å². The Morgan fingerprint density at radius 3 is 1.68 bits per heavy atom. The minimum atomic E-state index is -0.0344. The molecule has 6 nitrogen and oxygen atoms in total. The summed E-state index contributed by atoms with van der Waals surface area (Å²) in [6.45, 7) is 15.7. The van der Waals surface area contributed by atoms with Gasteiger partial charge < -0.3 is 19.5 Å². The Morgan fingerprint density at radius 2 is 1.09 bits per heavy atom. The molecule has 0 spiro atoms. The number of hydrogen-bond donors (Lipinski definition) is 1. The maximum Gasteiger partial charge on any atom is 0.305 e. The van der Waals surface area contributed by atoms with E-state index >= 15 is 0 Å². The quantitative estimate of drug-likeness (QED) is 0.0529. The van der Waals surface area contributed by atoms with Crippen molar-refractivity contribution >= 4 is 11.9 Å². The second-order valence-corrected chi connectivity index (χ2v) is 15.0. The molecule has 0 radical (unpaired) electrons. The average molecular weight is 668 g/mol. The largest absolute Gasteiger partial charge is 0.466 e. The SMILES string of the molecule is CCCCCCCCCC(=O)OCC(C)(C)CCCCCN(CCCO)CCCCCCCC(=O)OCCCCCCC(CC)CC. The summed E-state index contributed by atoms with van der Waals surface area (Å²) < 4.78 is 11.1. The Morgan fingerprint density at radius 1 is 0.596 bits per heavy atom. The normalized spacial score (nSPS) is 11.9. The highest BCUT2D eigenvalue weighted by Gasteiger charge is 2.20. The maximum atomic E-state index is 12.2. The molecule has 0 unspecified atom stereocenters. The summed E-state index contributed by atoms with van der Waals surface area (Å²) in [6, 6.07) is 0. The van der Waals surface area contributed by atoms with Crippen LogP contribution in [0.5, 0.6) is 0 Å². The first-order valence-electron chi connectivity index (χ1n) is 20.4. The van der Waals surface area contributed by atoms with Crippen LogP contribution < -0.4 is 0 Å². The molecule has 0 atom stereocenters. The maximum absolute atomic E-state index is 12.2. The third-order valence-electron chi connectivity index (χ3n) is 9.85. The Bertz CT molecular complexity index is 693. The minimum Gasteiger partial charge on any atom is -0.466 e. The molecule has 280 valence electrons. The molecule has 0 rings (SSSR count). The van der Waals surface area contributed by atoms with E-state index in [9.17, 15) is 14.7 Å². The van der Waals surface area contributed by atoms with Gasteiger partial charge in [0.05, 0.1) is 13.2 Å². The number of nitrogens with zero attached hydrogens (tertiary/aromatic N) is 1. The third-order valence-corrected chi connectivity index (χ3v) is 9.85. The first kappa shape index (κ1) is 45.9. The zero-order chi connectivity index (χ0) is 34.9. The Balaban J connectivity index is 3.86. The van der Waals surface area contributed by atoms with Crippen LogP contribution in [0.2, 0.25) is 0 Å². The fraction of sp³-hybridized carbons (Fsp3) is 0.951. The summed E-state index contributed by atoms with van der Waals surface area (Å²) in [5, 5.41) is 9.35. The van der Waals surface area contributed by atoms with E-state index in [0.29, 0.717) is 26.1 Å². The molecule has 0 aliphatic carbocycles. The molecule has 0 saturated carbocycles. The summed E-state index contributed by atoms with van der Waals surface area (Å²) in [7, 11) is 0. The highest BCUT2D eigenvalue weighted by molar-refractivity contribution is 5.69. The zero-order valence-corrected chi connectivity index (χ0v) is 32.2. The number of aliphatic hydroxyl groups excluding tert-OH is 1. The van der Waals surface area contributed by atoms with Gasteiger partial charge in [-0.05, 0) is 69.4 Å². The predicted molar refractivity (Wildman–Crippen MR) is 200 cm³/mol. The second kappa shape index (κ2) is 33.4. The lowest BCUT2D eigenvalue weighted by Crippen LogP contribution is -2.28. The summed E-state index contributed by atoms with van der Waals surface area (Å²) in [6.07, 6.45) is 29.2. The van der Waals surface area contributed by atoms with Crippen molar-refractivity contribution in [3.8, 4) is 0 Å². The third kappa shape index (κ3) is 31.9. The number of ether oxygens (including phenoxy) is 2. The monoisotopic (exact) mass is 668 g/mol. The smallest absolute Gasteiger partial charge is 0.305 e. The second-order valence-electron chi connectivity index (χ2n) is 15.0. The molecule has 6 heteroatoms. The standard InChI is InChI=1S/C41H81NO5/c1-6-9-10-11-12-14-22-30-40(45)47-37-41(4,5)31-23-19-25-33-42(34-27-35-43)32-24-17-13-15-21-29-39(44)46-36-26-18-16-20-28-38(7-2)8-3/h38,43H,6-37H2,1-5H3. The zero-order valence-electron chi connectivity index (χ0n) is 32.2. The minimum absolute atomic E-state index is 0.0232. The molecule has 1 N–H and O–H groups in total. The molecule has 0 fully saturated rings. The van der Waals surface area contributed by atoms with Crippen LogP contribution in [0.25, 0.3) is 0 Å². The molecule has 0 aliphatic heterocycles. The number of hydrogen-bond acceptors (Lipinski definition) is 6. The molecule has 0 bridgehead atoms. The molecule has 0 saturated heterocycles. The van der Waals surface area contributed by atoms with E-state index in [1.54, 1.807) is 0 Å². The van der Waals surface area contributed by atoms with Crippen LogP contribution in [0.3, 0.4) is 0 Å². The van der Waals surface area contributed by atoms with Crippen LogP contribution in [0.15, 0.2) is 0 Å². The van der Waals surface area contributed by atoms with Crippen molar-refractivity contribution in [2.45, 2.75) is 202 Å². The lowest BCUT2D eigenvalue weighted by atomic mass is 9.88. The topological polar surface area (TPSA) is 76.1 Å². The van der Waals surface area contributed by atoms with Gasteiger partial charge in [0.1, 0.15) is 0 Å². The Kier molecular flexibility index (Phi) is 32.6. The number of carbonyl (C=O) groups excluding carboxylic acids is 2. The van der Waals surface area contributed by atoms with Crippen LogP contribution in [0.1, 0.15) is 202 Å². The molecule has 47 heavy (non-hydrogen) atoms. The van der Waals surface area contributed by atoms with E-state index < -0.39 is 0 Å². The van der Waals surface area contributed by atoms with Gasteiger partial charge in [-0.1, -0.05) is 144 Å². The van der Waals surface area contributed by atoms with Crippen LogP contribution in [0.4, 0.5) is 0 Å². The average Bonchev–Trinajstić information content (AvgIpc) is 3.06. The van der Waals surface area contributed by atoms with Gasteiger partial charge in [0.25, 0.3) is 0 Å². The number of unbranched alkanes of at least 4 members (excludes halogenated alkanes) is 15. The number of esters is 2. The highest BCUT2D eigenvalue weighted by Crippen LogP contribution is 2.25. The van der Waals surface area contributed by atoms with Gasteiger partial charge in [-0.25, -0.2) is 0 Å². The molecular formula is C41H81NO5. The number of aliphatic hydroxyl groups is 1. The molecule has 0 aromatic carbocycles. The van der Waals surface area contributed by atoms with Gasteiger partial charge in [-0.2, -0.15) is 0 Å². The molecule has 0 amide bonds. The highest BCUT2D eigenvalue weighted by atomic mass is 16.5. The van der Waals surface area contributed by atoms with Crippen molar-refractivity contribution in [1.29, 1.82) is 0 Å². The van der Waals surface area contributed by atoms with E-state index in [2.05, 4.69) is 39.5 Å². The summed E-state index contributed by atoms with van der Waals surface area (Å²) in [4.78, 5) is 26.7. The number of rotatable bonds is 36. The summed E-state index contributed by atoms with van der Waals surface area (Å²) in [5.41, 5.74) is 0.0232. The van der Waals surface area contributed by atoms with E-state index in [1.807, 2.05) is 0 Å².